The molecule has 1 heterocycles. The van der Waals surface area contributed by atoms with Gasteiger partial charge in [0.05, 0.1) is 0 Å². The fourth-order valence-electron chi connectivity index (χ4n) is 3.66. The third-order valence-electron chi connectivity index (χ3n) is 5.29. The molecule has 3 rings (SSSR count). The van der Waals surface area contributed by atoms with Gasteiger partial charge in [-0.05, 0) is 30.7 Å². The van der Waals surface area contributed by atoms with Crippen LogP contribution in [0.25, 0.3) is 0 Å². The minimum absolute atomic E-state index is 0.205. The lowest BCUT2D eigenvalue weighted by atomic mass is 9.88. The Bertz CT molecular complexity index is 586. The minimum atomic E-state index is -0.476. The Hall–Kier alpha value is -1.88. The van der Waals surface area contributed by atoms with Gasteiger partial charge in [-0.1, -0.05) is 43.7 Å². The van der Waals surface area contributed by atoms with Crippen LogP contribution in [0, 0.1) is 11.8 Å². The van der Waals surface area contributed by atoms with Gasteiger partial charge in [0, 0.05) is 25.0 Å². The van der Waals surface area contributed by atoms with E-state index in [0.29, 0.717) is 11.8 Å². The third-order valence-corrected chi connectivity index (χ3v) is 5.29. The Balaban J connectivity index is 1.67. The van der Waals surface area contributed by atoms with Crippen molar-refractivity contribution >= 4 is 11.8 Å². The molecule has 0 aromatic heterocycles. The number of nitrogens with zero attached hydrogens (tertiary/aromatic N) is 1. The van der Waals surface area contributed by atoms with E-state index in [1.54, 1.807) is 0 Å². The minimum Gasteiger partial charge on any atom is -0.368 e. The van der Waals surface area contributed by atoms with Crippen LogP contribution in [-0.2, 0) is 9.59 Å². The van der Waals surface area contributed by atoms with Crippen molar-refractivity contribution in [2.24, 2.45) is 17.6 Å². The molecule has 2 amide bonds. The highest BCUT2D eigenvalue weighted by Gasteiger charge is 2.38. The summed E-state index contributed by atoms with van der Waals surface area (Å²) in [6, 6.07) is 9.34. The molecule has 0 bridgehead atoms. The largest absolute Gasteiger partial charge is 0.368 e. The van der Waals surface area contributed by atoms with Gasteiger partial charge in [-0.2, -0.15) is 0 Å². The van der Waals surface area contributed by atoms with E-state index >= 15 is 0 Å². The van der Waals surface area contributed by atoms with E-state index in [1.807, 2.05) is 35.2 Å². The quantitative estimate of drug-likeness (QED) is 0.836. The maximum Gasteiger partial charge on any atom is 0.239 e. The smallest absolute Gasteiger partial charge is 0.239 e. The number of primary amides is 1. The number of nitrogens with one attached hydrogen (secondary N) is 1. The molecule has 2 aliphatic rings. The Kier molecular flexibility index (Phi) is 5.19. The molecular weight excluding hydrogens is 302 g/mol. The standard InChI is InChI=1S/C19H27N3O2/c1-2-13-12-22(19(24)15-8-9-15)11-10-16(13)21-17(18(20)23)14-6-4-3-5-7-14/h3-7,13,15-17,21H,2,8-12H2,1H3,(H2,20,23)/t13-,16+,17-/m1/s1. The normalized spacial score (nSPS) is 25.3. The highest BCUT2D eigenvalue weighted by molar-refractivity contribution is 5.82. The summed E-state index contributed by atoms with van der Waals surface area (Å²) in [4.78, 5) is 26.3. The molecule has 130 valence electrons. The molecule has 3 atom stereocenters. The summed E-state index contributed by atoms with van der Waals surface area (Å²) in [6.45, 7) is 3.69. The molecule has 1 aliphatic carbocycles. The van der Waals surface area contributed by atoms with Gasteiger partial charge >= 0.3 is 0 Å². The number of amides is 2. The zero-order valence-electron chi connectivity index (χ0n) is 14.3. The van der Waals surface area contributed by atoms with Crippen LogP contribution >= 0.6 is 0 Å². The molecule has 1 aromatic rings. The van der Waals surface area contributed by atoms with Gasteiger partial charge in [0.25, 0.3) is 0 Å². The molecule has 1 saturated carbocycles. The van der Waals surface area contributed by atoms with Gasteiger partial charge in [0.15, 0.2) is 0 Å². The van der Waals surface area contributed by atoms with Crippen molar-refractivity contribution in [3.8, 4) is 0 Å². The number of carbonyl (C=O) groups is 2. The maximum atomic E-state index is 12.3. The summed E-state index contributed by atoms with van der Waals surface area (Å²) in [7, 11) is 0. The molecule has 24 heavy (non-hydrogen) atoms. The summed E-state index contributed by atoms with van der Waals surface area (Å²) in [5, 5.41) is 3.46. The molecule has 2 fully saturated rings. The predicted molar refractivity (Wildman–Crippen MR) is 93.0 cm³/mol. The fraction of sp³-hybridized carbons (Fsp3) is 0.579. The lowest BCUT2D eigenvalue weighted by molar-refractivity contribution is -0.135. The van der Waals surface area contributed by atoms with Crippen LogP contribution in [0.4, 0.5) is 0 Å². The molecule has 5 nitrogen and oxygen atoms in total. The summed E-state index contributed by atoms with van der Waals surface area (Å²) >= 11 is 0. The Morgan fingerprint density at radius 1 is 1.25 bits per heavy atom. The van der Waals surface area contributed by atoms with Crippen molar-refractivity contribution in [3.63, 3.8) is 0 Å². The van der Waals surface area contributed by atoms with Gasteiger partial charge in [-0.15, -0.1) is 0 Å². The highest BCUT2D eigenvalue weighted by atomic mass is 16.2. The average Bonchev–Trinajstić information content (AvgIpc) is 3.44. The second kappa shape index (κ2) is 7.34. The van der Waals surface area contributed by atoms with E-state index < -0.39 is 6.04 Å². The molecule has 0 unspecified atom stereocenters. The zero-order chi connectivity index (χ0) is 17.1. The second-order valence-corrected chi connectivity index (χ2v) is 7.03. The van der Waals surface area contributed by atoms with Crippen LogP contribution in [0.15, 0.2) is 30.3 Å². The van der Waals surface area contributed by atoms with E-state index in [9.17, 15) is 9.59 Å². The Morgan fingerprint density at radius 2 is 1.96 bits per heavy atom. The number of benzene rings is 1. The van der Waals surface area contributed by atoms with Crippen molar-refractivity contribution in [2.45, 2.75) is 44.7 Å². The van der Waals surface area contributed by atoms with Crippen LogP contribution in [0.2, 0.25) is 0 Å². The lowest BCUT2D eigenvalue weighted by Crippen LogP contribution is -2.53. The molecule has 1 saturated heterocycles. The van der Waals surface area contributed by atoms with Crippen LogP contribution < -0.4 is 11.1 Å². The van der Waals surface area contributed by atoms with Crippen LogP contribution in [0.5, 0.6) is 0 Å². The molecule has 0 spiro atoms. The van der Waals surface area contributed by atoms with Gasteiger partial charge in [-0.25, -0.2) is 0 Å². The Labute approximate surface area is 143 Å². The first kappa shape index (κ1) is 17.0. The zero-order valence-corrected chi connectivity index (χ0v) is 14.3. The summed E-state index contributed by atoms with van der Waals surface area (Å²) in [5.41, 5.74) is 6.53. The third kappa shape index (κ3) is 3.78. The van der Waals surface area contributed by atoms with Crippen LogP contribution in [0.3, 0.4) is 0 Å². The molecule has 5 heteroatoms. The summed E-state index contributed by atoms with van der Waals surface area (Å²) in [5.74, 6) is 0.593. The first-order valence-electron chi connectivity index (χ1n) is 8.99. The van der Waals surface area contributed by atoms with E-state index in [-0.39, 0.29) is 17.9 Å². The first-order valence-corrected chi connectivity index (χ1v) is 8.99. The van der Waals surface area contributed by atoms with E-state index in [4.69, 9.17) is 5.73 Å². The predicted octanol–water partition coefficient (Wildman–Crippen LogP) is 1.84. The van der Waals surface area contributed by atoms with Crippen LogP contribution in [0.1, 0.15) is 44.2 Å². The monoisotopic (exact) mass is 329 g/mol. The number of hydrogen-bond acceptors (Lipinski definition) is 3. The highest BCUT2D eigenvalue weighted by Crippen LogP contribution is 2.33. The van der Waals surface area contributed by atoms with Crippen molar-refractivity contribution in [1.29, 1.82) is 0 Å². The fourth-order valence-corrected chi connectivity index (χ4v) is 3.66. The van der Waals surface area contributed by atoms with Gasteiger partial charge in [-0.3, -0.25) is 14.9 Å². The molecule has 3 N–H and O–H groups in total. The number of likely N-dealkylation sites (tertiary alicyclic amines) is 1. The maximum absolute atomic E-state index is 12.3. The molecular formula is C19H27N3O2. The van der Waals surface area contributed by atoms with Crippen molar-refractivity contribution in [2.75, 3.05) is 13.1 Å². The number of hydrogen-bond donors (Lipinski definition) is 2. The summed E-state index contributed by atoms with van der Waals surface area (Å²) in [6.07, 6.45) is 3.94. The van der Waals surface area contributed by atoms with Gasteiger partial charge < -0.3 is 10.6 Å². The summed E-state index contributed by atoms with van der Waals surface area (Å²) < 4.78 is 0. The number of carbonyl (C=O) groups excluding carboxylic acids is 2. The van der Waals surface area contributed by atoms with Crippen molar-refractivity contribution < 1.29 is 9.59 Å². The first-order chi connectivity index (χ1) is 11.6. The van der Waals surface area contributed by atoms with E-state index in [2.05, 4.69) is 12.2 Å². The average molecular weight is 329 g/mol. The van der Waals surface area contributed by atoms with Crippen molar-refractivity contribution in [1.82, 2.24) is 10.2 Å². The SMILES string of the molecule is CC[C@@H]1CN(C(=O)C2CC2)CC[C@@H]1N[C@@H](C(N)=O)c1ccccc1. The van der Waals surface area contributed by atoms with E-state index in [0.717, 1.165) is 44.3 Å². The number of piperidine rings is 1. The topological polar surface area (TPSA) is 75.4 Å². The van der Waals surface area contributed by atoms with Gasteiger partial charge in [0.1, 0.15) is 6.04 Å². The molecule has 1 aromatic carbocycles. The Morgan fingerprint density at radius 3 is 2.54 bits per heavy atom. The van der Waals surface area contributed by atoms with Gasteiger partial charge in [0.2, 0.25) is 11.8 Å². The van der Waals surface area contributed by atoms with E-state index in [1.165, 1.54) is 0 Å². The second-order valence-electron chi connectivity index (χ2n) is 7.03. The number of nitrogens with two attached hydrogens (primary N) is 1. The lowest BCUT2D eigenvalue weighted by Gasteiger charge is -2.40. The number of rotatable bonds is 6. The van der Waals surface area contributed by atoms with Crippen LogP contribution in [-0.4, -0.2) is 35.8 Å². The van der Waals surface area contributed by atoms with Crippen molar-refractivity contribution in [3.05, 3.63) is 35.9 Å². The molecule has 1 aliphatic heterocycles. The molecule has 0 radical (unpaired) electrons.